The van der Waals surface area contributed by atoms with Crippen molar-refractivity contribution in [2.45, 2.75) is 65.1 Å². The quantitative estimate of drug-likeness (QED) is 0.509. The highest BCUT2D eigenvalue weighted by molar-refractivity contribution is 5.88. The zero-order valence-electron chi connectivity index (χ0n) is 20.2. The molecule has 0 unspecified atom stereocenters. The highest BCUT2D eigenvalue weighted by atomic mass is 19.1. The number of carbonyl (C=O) groups excluding carboxylic acids is 2. The van der Waals surface area contributed by atoms with Crippen molar-refractivity contribution in [3.63, 3.8) is 0 Å². The van der Waals surface area contributed by atoms with Gasteiger partial charge in [0, 0.05) is 19.0 Å². The molecule has 6 nitrogen and oxygen atoms in total. The Balaban J connectivity index is 2.22. The van der Waals surface area contributed by atoms with Gasteiger partial charge in [0.2, 0.25) is 11.8 Å². The van der Waals surface area contributed by atoms with E-state index in [-0.39, 0.29) is 36.6 Å². The predicted molar refractivity (Wildman–Crippen MR) is 127 cm³/mol. The van der Waals surface area contributed by atoms with E-state index < -0.39 is 6.04 Å². The number of nitrogens with one attached hydrogen (secondary N) is 1. The zero-order valence-corrected chi connectivity index (χ0v) is 20.2. The van der Waals surface area contributed by atoms with E-state index in [1.807, 2.05) is 39.0 Å². The number of methoxy groups -OCH3 is 2. The summed E-state index contributed by atoms with van der Waals surface area (Å²) >= 11 is 0. The second-order valence-electron chi connectivity index (χ2n) is 8.08. The number of halogens is 1. The molecule has 2 amide bonds. The number of benzene rings is 2. The van der Waals surface area contributed by atoms with Crippen LogP contribution in [0.3, 0.4) is 0 Å². The van der Waals surface area contributed by atoms with E-state index in [2.05, 4.69) is 5.32 Å². The minimum atomic E-state index is -0.609. The van der Waals surface area contributed by atoms with Crippen molar-refractivity contribution in [2.75, 3.05) is 14.2 Å². The number of ether oxygens (including phenoxy) is 2. The molecule has 0 spiro atoms. The van der Waals surface area contributed by atoms with Gasteiger partial charge in [-0.25, -0.2) is 4.39 Å². The molecule has 2 aromatic rings. The number of aryl methyl sites for hydroxylation is 1. The lowest BCUT2D eigenvalue weighted by Gasteiger charge is -2.31. The number of nitrogens with zero attached hydrogens (tertiary/aromatic N) is 1. The largest absolute Gasteiger partial charge is 0.493 e. The van der Waals surface area contributed by atoms with Crippen LogP contribution in [0.2, 0.25) is 0 Å². The first-order chi connectivity index (χ1) is 15.8. The van der Waals surface area contributed by atoms with Gasteiger partial charge in [-0.1, -0.05) is 32.0 Å². The van der Waals surface area contributed by atoms with Crippen molar-refractivity contribution in [1.82, 2.24) is 10.2 Å². The third-order valence-electron chi connectivity index (χ3n) is 5.73. The molecule has 0 saturated carbocycles. The lowest BCUT2D eigenvalue weighted by molar-refractivity contribution is -0.141. The standard InChI is InChI=1S/C26H35FN2O4/c1-6-18(3)28-26(31)22(7-2)29(17-20-8-12-21(27)13-9-20)25(30)15-11-19-10-14-23(32-4)24(16-19)33-5/h8-10,12-14,16,18,22H,6-7,11,15,17H2,1-5H3,(H,28,31)/t18-,22-/m1/s1. The van der Waals surface area contributed by atoms with Crippen molar-refractivity contribution >= 4 is 11.8 Å². The van der Waals surface area contributed by atoms with Crippen LogP contribution in [-0.2, 0) is 22.6 Å². The minimum Gasteiger partial charge on any atom is -0.493 e. The Hall–Kier alpha value is -3.09. The Kier molecular flexibility index (Phi) is 10.2. The molecule has 0 aliphatic carbocycles. The first-order valence-electron chi connectivity index (χ1n) is 11.4. The number of amides is 2. The maximum atomic E-state index is 13.4. The number of carbonyl (C=O) groups is 2. The highest BCUT2D eigenvalue weighted by Crippen LogP contribution is 2.28. The lowest BCUT2D eigenvalue weighted by Crippen LogP contribution is -2.50. The smallest absolute Gasteiger partial charge is 0.243 e. The molecule has 0 aliphatic rings. The molecule has 0 fully saturated rings. The first-order valence-corrected chi connectivity index (χ1v) is 11.4. The van der Waals surface area contributed by atoms with Crippen molar-refractivity contribution in [2.24, 2.45) is 0 Å². The molecule has 0 saturated heterocycles. The normalized spacial score (nSPS) is 12.5. The summed E-state index contributed by atoms with van der Waals surface area (Å²) in [6.45, 7) is 6.06. The molecule has 0 radical (unpaired) electrons. The summed E-state index contributed by atoms with van der Waals surface area (Å²) in [5.74, 6) is 0.573. The third kappa shape index (κ3) is 7.48. The molecule has 0 heterocycles. The van der Waals surface area contributed by atoms with Crippen LogP contribution in [0.4, 0.5) is 4.39 Å². The van der Waals surface area contributed by atoms with Crippen molar-refractivity contribution < 1.29 is 23.5 Å². The molecule has 0 aromatic heterocycles. The van der Waals surface area contributed by atoms with Crippen LogP contribution in [0, 0.1) is 5.82 Å². The van der Waals surface area contributed by atoms with Gasteiger partial charge in [-0.05, 0) is 61.6 Å². The van der Waals surface area contributed by atoms with Gasteiger partial charge in [-0.15, -0.1) is 0 Å². The molecule has 180 valence electrons. The van der Waals surface area contributed by atoms with Gasteiger partial charge in [-0.2, -0.15) is 0 Å². The van der Waals surface area contributed by atoms with Crippen LogP contribution in [-0.4, -0.2) is 43.0 Å². The van der Waals surface area contributed by atoms with Crippen LogP contribution >= 0.6 is 0 Å². The Morgan fingerprint density at radius 2 is 1.61 bits per heavy atom. The molecule has 0 bridgehead atoms. The van der Waals surface area contributed by atoms with Gasteiger partial charge in [0.05, 0.1) is 14.2 Å². The fourth-order valence-corrected chi connectivity index (χ4v) is 3.58. The topological polar surface area (TPSA) is 67.9 Å². The van der Waals surface area contributed by atoms with Crippen LogP contribution in [0.25, 0.3) is 0 Å². The summed E-state index contributed by atoms with van der Waals surface area (Å²) < 4.78 is 24.0. The fourth-order valence-electron chi connectivity index (χ4n) is 3.58. The van der Waals surface area contributed by atoms with Crippen LogP contribution in [0.1, 0.15) is 51.2 Å². The molecule has 0 aliphatic heterocycles. The molecular formula is C26H35FN2O4. The molecule has 2 aromatic carbocycles. The molecule has 7 heteroatoms. The maximum Gasteiger partial charge on any atom is 0.243 e. The Morgan fingerprint density at radius 3 is 2.18 bits per heavy atom. The number of rotatable bonds is 12. The van der Waals surface area contributed by atoms with Crippen LogP contribution in [0.15, 0.2) is 42.5 Å². The summed E-state index contributed by atoms with van der Waals surface area (Å²) in [7, 11) is 3.14. The molecular weight excluding hydrogens is 423 g/mol. The van der Waals surface area contributed by atoms with Crippen molar-refractivity contribution in [1.29, 1.82) is 0 Å². The van der Waals surface area contributed by atoms with E-state index in [0.29, 0.717) is 24.3 Å². The van der Waals surface area contributed by atoms with Gasteiger partial charge in [0.1, 0.15) is 11.9 Å². The molecule has 33 heavy (non-hydrogen) atoms. The Morgan fingerprint density at radius 1 is 0.970 bits per heavy atom. The first kappa shape index (κ1) is 26.2. The predicted octanol–water partition coefficient (Wildman–Crippen LogP) is 4.50. The lowest BCUT2D eigenvalue weighted by atomic mass is 10.1. The summed E-state index contributed by atoms with van der Waals surface area (Å²) in [4.78, 5) is 27.9. The summed E-state index contributed by atoms with van der Waals surface area (Å²) in [6, 6.07) is 11.0. The number of hydrogen-bond acceptors (Lipinski definition) is 4. The van der Waals surface area contributed by atoms with E-state index in [1.54, 1.807) is 31.3 Å². The van der Waals surface area contributed by atoms with Gasteiger partial charge in [0.25, 0.3) is 0 Å². The molecule has 2 rings (SSSR count). The summed E-state index contributed by atoms with van der Waals surface area (Å²) in [5.41, 5.74) is 1.70. The van der Waals surface area contributed by atoms with Gasteiger partial charge < -0.3 is 19.7 Å². The van der Waals surface area contributed by atoms with E-state index in [4.69, 9.17) is 9.47 Å². The van der Waals surface area contributed by atoms with Crippen LogP contribution < -0.4 is 14.8 Å². The van der Waals surface area contributed by atoms with Crippen LogP contribution in [0.5, 0.6) is 11.5 Å². The summed E-state index contributed by atoms with van der Waals surface area (Å²) in [5, 5.41) is 2.99. The average molecular weight is 459 g/mol. The Bertz CT molecular complexity index is 917. The van der Waals surface area contributed by atoms with E-state index in [9.17, 15) is 14.0 Å². The highest BCUT2D eigenvalue weighted by Gasteiger charge is 2.29. The zero-order chi connectivity index (χ0) is 24.4. The fraction of sp³-hybridized carbons (Fsp3) is 0.462. The molecule has 2 atom stereocenters. The van der Waals surface area contributed by atoms with E-state index in [1.165, 1.54) is 12.1 Å². The van der Waals surface area contributed by atoms with E-state index in [0.717, 1.165) is 17.5 Å². The maximum absolute atomic E-state index is 13.4. The van der Waals surface area contributed by atoms with Crippen molar-refractivity contribution in [3.05, 3.63) is 59.4 Å². The second kappa shape index (κ2) is 12.8. The van der Waals surface area contributed by atoms with Gasteiger partial charge in [0.15, 0.2) is 11.5 Å². The molecule has 1 N–H and O–H groups in total. The monoisotopic (exact) mass is 458 g/mol. The average Bonchev–Trinajstić information content (AvgIpc) is 2.83. The third-order valence-corrected chi connectivity index (χ3v) is 5.73. The van der Waals surface area contributed by atoms with Gasteiger partial charge >= 0.3 is 0 Å². The minimum absolute atomic E-state index is 0.0149. The van der Waals surface area contributed by atoms with Gasteiger partial charge in [-0.3, -0.25) is 9.59 Å². The van der Waals surface area contributed by atoms with E-state index >= 15 is 0 Å². The van der Waals surface area contributed by atoms with Crippen molar-refractivity contribution in [3.8, 4) is 11.5 Å². The number of hydrogen-bond donors (Lipinski definition) is 1. The SMILES string of the molecule is CC[C@@H](C)NC(=O)[C@@H](CC)N(Cc1ccc(F)cc1)C(=O)CCc1ccc(OC)c(OC)c1. The second-order valence-corrected chi connectivity index (χ2v) is 8.08. The summed E-state index contributed by atoms with van der Waals surface area (Å²) in [6.07, 6.45) is 1.99. The Labute approximate surface area is 196 Å².